The summed E-state index contributed by atoms with van der Waals surface area (Å²) in [7, 11) is 4.04. The Labute approximate surface area is 131 Å². The molecule has 0 aliphatic rings. The Balaban J connectivity index is 1.94. The van der Waals surface area contributed by atoms with Gasteiger partial charge in [-0.1, -0.05) is 42.5 Å². The van der Waals surface area contributed by atoms with Gasteiger partial charge < -0.3 is 16.0 Å². The summed E-state index contributed by atoms with van der Waals surface area (Å²) < 4.78 is 0. The molecule has 3 N–H and O–H groups in total. The summed E-state index contributed by atoms with van der Waals surface area (Å²) in [6, 6.07) is 17.3. The number of benzene rings is 2. The highest BCUT2D eigenvalue weighted by Crippen LogP contribution is 2.16. The number of nitrogens with one attached hydrogen (secondary N) is 1. The molecule has 2 aromatic carbocycles. The van der Waals surface area contributed by atoms with E-state index >= 15 is 0 Å². The SMILES string of the molecule is CN(C)Cc1cccc(NC(=O)CC(N)c2ccccc2)c1. The van der Waals surface area contributed by atoms with Crippen LogP contribution >= 0.6 is 0 Å². The van der Waals surface area contributed by atoms with Crippen LogP contribution in [0.2, 0.25) is 0 Å². The maximum absolute atomic E-state index is 12.1. The van der Waals surface area contributed by atoms with E-state index in [0.29, 0.717) is 0 Å². The van der Waals surface area contributed by atoms with E-state index in [0.717, 1.165) is 23.4 Å². The third-order valence-electron chi connectivity index (χ3n) is 3.34. The van der Waals surface area contributed by atoms with Crippen LogP contribution in [0.5, 0.6) is 0 Å². The summed E-state index contributed by atoms with van der Waals surface area (Å²) in [5, 5.41) is 2.92. The van der Waals surface area contributed by atoms with Crippen molar-refractivity contribution in [1.82, 2.24) is 4.90 Å². The molecule has 0 bridgehead atoms. The lowest BCUT2D eigenvalue weighted by atomic mass is 10.0. The summed E-state index contributed by atoms with van der Waals surface area (Å²) in [4.78, 5) is 14.2. The van der Waals surface area contributed by atoms with Gasteiger partial charge in [-0.2, -0.15) is 0 Å². The highest BCUT2D eigenvalue weighted by molar-refractivity contribution is 5.91. The zero-order valence-corrected chi connectivity index (χ0v) is 13.1. The summed E-state index contributed by atoms with van der Waals surface area (Å²) in [5.41, 5.74) is 9.02. The molecule has 2 aromatic rings. The topological polar surface area (TPSA) is 58.4 Å². The van der Waals surface area contributed by atoms with Crippen molar-refractivity contribution >= 4 is 11.6 Å². The lowest BCUT2D eigenvalue weighted by Crippen LogP contribution is -2.20. The second-order valence-corrected chi connectivity index (χ2v) is 5.71. The van der Waals surface area contributed by atoms with Gasteiger partial charge in [0.15, 0.2) is 0 Å². The molecule has 116 valence electrons. The molecule has 1 unspecified atom stereocenters. The van der Waals surface area contributed by atoms with E-state index < -0.39 is 0 Å². The van der Waals surface area contributed by atoms with Crippen molar-refractivity contribution in [2.45, 2.75) is 19.0 Å². The zero-order chi connectivity index (χ0) is 15.9. The minimum Gasteiger partial charge on any atom is -0.326 e. The standard InChI is InChI=1S/C18H23N3O/c1-21(2)13-14-7-6-10-16(11-14)20-18(22)12-17(19)15-8-4-3-5-9-15/h3-11,17H,12-13,19H2,1-2H3,(H,20,22). The molecule has 0 heterocycles. The number of nitrogens with zero attached hydrogens (tertiary/aromatic N) is 1. The molecule has 4 heteroatoms. The minimum atomic E-state index is -0.286. The normalized spacial score (nSPS) is 12.2. The van der Waals surface area contributed by atoms with Crippen molar-refractivity contribution in [2.75, 3.05) is 19.4 Å². The first-order valence-electron chi connectivity index (χ1n) is 7.38. The predicted molar refractivity (Wildman–Crippen MR) is 90.5 cm³/mol. The van der Waals surface area contributed by atoms with E-state index in [9.17, 15) is 4.79 Å². The van der Waals surface area contributed by atoms with Gasteiger partial charge in [0, 0.05) is 24.7 Å². The Morgan fingerprint density at radius 2 is 1.86 bits per heavy atom. The van der Waals surface area contributed by atoms with Crippen molar-refractivity contribution in [3.05, 3.63) is 65.7 Å². The lowest BCUT2D eigenvalue weighted by molar-refractivity contribution is -0.116. The second kappa shape index (κ2) is 7.73. The number of carbonyl (C=O) groups is 1. The van der Waals surface area contributed by atoms with Gasteiger partial charge in [-0.15, -0.1) is 0 Å². The molecule has 0 saturated carbocycles. The number of nitrogens with two attached hydrogens (primary N) is 1. The van der Waals surface area contributed by atoms with E-state index in [-0.39, 0.29) is 18.4 Å². The van der Waals surface area contributed by atoms with E-state index in [1.54, 1.807) is 0 Å². The maximum atomic E-state index is 12.1. The molecule has 0 saturated heterocycles. The molecular weight excluding hydrogens is 274 g/mol. The van der Waals surface area contributed by atoms with Gasteiger partial charge in [0.05, 0.1) is 0 Å². The van der Waals surface area contributed by atoms with Gasteiger partial charge in [-0.3, -0.25) is 4.79 Å². The Morgan fingerprint density at radius 1 is 1.14 bits per heavy atom. The van der Waals surface area contributed by atoms with Gasteiger partial charge in [0.1, 0.15) is 0 Å². The van der Waals surface area contributed by atoms with Crippen LogP contribution in [0.25, 0.3) is 0 Å². The van der Waals surface area contributed by atoms with Crippen LogP contribution in [0.15, 0.2) is 54.6 Å². The molecule has 2 rings (SSSR count). The molecule has 0 aliphatic carbocycles. The smallest absolute Gasteiger partial charge is 0.226 e. The largest absolute Gasteiger partial charge is 0.326 e. The van der Waals surface area contributed by atoms with Crippen molar-refractivity contribution in [2.24, 2.45) is 5.73 Å². The maximum Gasteiger partial charge on any atom is 0.226 e. The molecular formula is C18H23N3O. The average molecular weight is 297 g/mol. The number of carbonyl (C=O) groups excluding carboxylic acids is 1. The number of amides is 1. The first kappa shape index (κ1) is 16.2. The molecule has 0 radical (unpaired) electrons. The molecule has 1 amide bonds. The van der Waals surface area contributed by atoms with Crippen LogP contribution in [0, 0.1) is 0 Å². The lowest BCUT2D eigenvalue weighted by Gasteiger charge is -2.14. The second-order valence-electron chi connectivity index (χ2n) is 5.71. The Hall–Kier alpha value is -2.17. The van der Waals surface area contributed by atoms with Gasteiger partial charge in [-0.05, 0) is 37.4 Å². The molecule has 0 fully saturated rings. The van der Waals surface area contributed by atoms with Gasteiger partial charge >= 0.3 is 0 Å². The fourth-order valence-corrected chi connectivity index (χ4v) is 2.34. The van der Waals surface area contributed by atoms with Crippen LogP contribution in [0.1, 0.15) is 23.6 Å². The summed E-state index contributed by atoms with van der Waals surface area (Å²) in [6.07, 6.45) is 0.266. The number of rotatable bonds is 6. The Morgan fingerprint density at radius 3 is 2.55 bits per heavy atom. The van der Waals surface area contributed by atoms with Crippen LogP contribution in [0.3, 0.4) is 0 Å². The fraction of sp³-hybridized carbons (Fsp3) is 0.278. The number of hydrogen-bond acceptors (Lipinski definition) is 3. The van der Waals surface area contributed by atoms with Crippen molar-refractivity contribution in [3.8, 4) is 0 Å². The van der Waals surface area contributed by atoms with E-state index in [2.05, 4.69) is 10.2 Å². The third-order valence-corrected chi connectivity index (χ3v) is 3.34. The molecule has 0 aromatic heterocycles. The first-order valence-corrected chi connectivity index (χ1v) is 7.38. The molecule has 0 aliphatic heterocycles. The number of anilines is 1. The van der Waals surface area contributed by atoms with Crippen LogP contribution in [-0.2, 0) is 11.3 Å². The Bertz CT molecular complexity index is 611. The molecule has 22 heavy (non-hydrogen) atoms. The summed E-state index contributed by atoms with van der Waals surface area (Å²) in [6.45, 7) is 0.841. The molecule has 0 spiro atoms. The highest BCUT2D eigenvalue weighted by atomic mass is 16.1. The van der Waals surface area contributed by atoms with Gasteiger partial charge in [0.25, 0.3) is 0 Å². The summed E-state index contributed by atoms with van der Waals surface area (Å²) in [5.74, 6) is -0.0710. The van der Waals surface area contributed by atoms with Gasteiger partial charge in [-0.25, -0.2) is 0 Å². The third kappa shape index (κ3) is 4.98. The van der Waals surface area contributed by atoms with Crippen molar-refractivity contribution in [3.63, 3.8) is 0 Å². The monoisotopic (exact) mass is 297 g/mol. The number of hydrogen-bond donors (Lipinski definition) is 2. The summed E-state index contributed by atoms with van der Waals surface area (Å²) >= 11 is 0. The van der Waals surface area contributed by atoms with Crippen LogP contribution in [0.4, 0.5) is 5.69 Å². The fourth-order valence-electron chi connectivity index (χ4n) is 2.34. The minimum absolute atomic E-state index is 0.0710. The molecule has 4 nitrogen and oxygen atoms in total. The average Bonchev–Trinajstić information content (AvgIpc) is 2.47. The zero-order valence-electron chi connectivity index (χ0n) is 13.1. The Kier molecular flexibility index (Phi) is 5.69. The van der Waals surface area contributed by atoms with Crippen LogP contribution < -0.4 is 11.1 Å². The van der Waals surface area contributed by atoms with Crippen LogP contribution in [-0.4, -0.2) is 24.9 Å². The van der Waals surface area contributed by atoms with E-state index in [4.69, 9.17) is 5.73 Å². The van der Waals surface area contributed by atoms with Crippen molar-refractivity contribution in [1.29, 1.82) is 0 Å². The first-order chi connectivity index (χ1) is 10.5. The predicted octanol–water partition coefficient (Wildman–Crippen LogP) is 2.78. The quantitative estimate of drug-likeness (QED) is 0.862. The highest BCUT2D eigenvalue weighted by Gasteiger charge is 2.11. The van der Waals surface area contributed by atoms with E-state index in [1.807, 2.05) is 68.7 Å². The molecule has 1 atom stereocenters. The van der Waals surface area contributed by atoms with Crippen molar-refractivity contribution < 1.29 is 4.79 Å². The van der Waals surface area contributed by atoms with Gasteiger partial charge in [0.2, 0.25) is 5.91 Å². The van der Waals surface area contributed by atoms with E-state index in [1.165, 1.54) is 0 Å².